The number of nitrogen functional groups attached to an aromatic ring is 1. The zero-order valence-corrected chi connectivity index (χ0v) is 15.7. The van der Waals surface area contributed by atoms with Crippen molar-refractivity contribution in [2.75, 3.05) is 5.73 Å². The summed E-state index contributed by atoms with van der Waals surface area (Å²) in [7, 11) is 0. The third kappa shape index (κ3) is 3.58. The van der Waals surface area contributed by atoms with E-state index in [1.807, 2.05) is 31.2 Å². The summed E-state index contributed by atoms with van der Waals surface area (Å²) < 4.78 is 5.92. The van der Waals surface area contributed by atoms with Crippen molar-refractivity contribution in [2.45, 2.75) is 6.92 Å². The molecule has 0 saturated heterocycles. The number of nitrogens with one attached hydrogen (secondary N) is 1. The van der Waals surface area contributed by atoms with Crippen LogP contribution in [0.4, 0.5) is 5.82 Å². The van der Waals surface area contributed by atoms with Gasteiger partial charge in [-0.1, -0.05) is 47.2 Å². The van der Waals surface area contributed by atoms with E-state index in [9.17, 15) is 9.90 Å². The first-order valence-corrected chi connectivity index (χ1v) is 8.77. The van der Waals surface area contributed by atoms with Crippen LogP contribution >= 0.6 is 0 Å². The number of rotatable bonds is 5. The number of aromatic hydroxyl groups is 1. The van der Waals surface area contributed by atoms with Gasteiger partial charge in [0.15, 0.2) is 5.69 Å². The van der Waals surface area contributed by atoms with Crippen molar-refractivity contribution in [3.8, 4) is 22.8 Å². The van der Waals surface area contributed by atoms with Crippen molar-refractivity contribution in [1.82, 2.24) is 30.7 Å². The van der Waals surface area contributed by atoms with Crippen LogP contribution in [0.5, 0.6) is 5.75 Å². The topological polar surface area (TPSA) is 157 Å². The number of hydrogen-bond acceptors (Lipinski definition) is 9. The third-order valence-electron chi connectivity index (χ3n) is 4.21. The number of phenolic OH excluding ortho intramolecular Hbond substituents is 1. The quantitative estimate of drug-likeness (QED) is 0.335. The lowest BCUT2D eigenvalue weighted by atomic mass is 10.1. The van der Waals surface area contributed by atoms with Crippen LogP contribution in [0.25, 0.3) is 17.1 Å². The fourth-order valence-corrected chi connectivity index (χ4v) is 2.70. The number of nitrogens with two attached hydrogens (primary N) is 1. The minimum Gasteiger partial charge on any atom is -0.507 e. The molecule has 2 heterocycles. The van der Waals surface area contributed by atoms with Gasteiger partial charge in [0.25, 0.3) is 5.91 Å². The Hall–Kier alpha value is -4.54. The molecule has 0 atom stereocenters. The number of hydrazone groups is 1. The van der Waals surface area contributed by atoms with E-state index in [1.54, 1.807) is 18.2 Å². The molecule has 150 valence electrons. The average Bonchev–Trinajstić information content (AvgIpc) is 3.36. The number of carbonyl (C=O) groups excluding carboxylic acids is 1. The van der Waals surface area contributed by atoms with Gasteiger partial charge in [0.2, 0.25) is 11.6 Å². The Bertz CT molecular complexity index is 1230. The molecule has 0 radical (unpaired) electrons. The van der Waals surface area contributed by atoms with E-state index < -0.39 is 5.91 Å². The van der Waals surface area contributed by atoms with Gasteiger partial charge in [-0.25, -0.2) is 10.1 Å². The molecule has 0 saturated carbocycles. The molecular formula is C19H16N8O3. The van der Waals surface area contributed by atoms with Crippen molar-refractivity contribution in [3.05, 3.63) is 65.4 Å². The molecule has 0 bridgehead atoms. The summed E-state index contributed by atoms with van der Waals surface area (Å²) in [6, 6.07) is 14.0. The van der Waals surface area contributed by atoms with Crippen LogP contribution < -0.4 is 11.2 Å². The number of para-hydroxylation sites is 1. The fourth-order valence-electron chi connectivity index (χ4n) is 2.70. The molecule has 0 aliphatic heterocycles. The zero-order chi connectivity index (χ0) is 21.1. The predicted octanol–water partition coefficient (Wildman–Crippen LogP) is 1.68. The molecule has 4 N–H and O–H groups in total. The van der Waals surface area contributed by atoms with Crippen LogP contribution in [0.3, 0.4) is 0 Å². The monoisotopic (exact) mass is 404 g/mol. The van der Waals surface area contributed by atoms with Gasteiger partial charge in [0.1, 0.15) is 11.4 Å². The van der Waals surface area contributed by atoms with Crippen LogP contribution in [0.2, 0.25) is 0 Å². The van der Waals surface area contributed by atoms with Crippen LogP contribution in [-0.2, 0) is 0 Å². The highest BCUT2D eigenvalue weighted by Crippen LogP contribution is 2.26. The third-order valence-corrected chi connectivity index (χ3v) is 4.21. The van der Waals surface area contributed by atoms with Crippen LogP contribution in [-0.4, -0.2) is 42.5 Å². The number of nitrogens with zero attached hydrogens (tertiary/aromatic N) is 6. The molecule has 0 fully saturated rings. The van der Waals surface area contributed by atoms with E-state index in [2.05, 4.69) is 35.8 Å². The summed E-state index contributed by atoms with van der Waals surface area (Å²) >= 11 is 0. The van der Waals surface area contributed by atoms with E-state index in [0.717, 1.165) is 5.56 Å². The van der Waals surface area contributed by atoms with E-state index in [4.69, 9.17) is 5.73 Å². The van der Waals surface area contributed by atoms with Gasteiger partial charge in [-0.2, -0.15) is 9.78 Å². The van der Waals surface area contributed by atoms with Gasteiger partial charge in [-0.3, -0.25) is 4.79 Å². The van der Waals surface area contributed by atoms with Gasteiger partial charge in [0, 0.05) is 11.1 Å². The summed E-state index contributed by atoms with van der Waals surface area (Å²) in [5.41, 5.74) is 10.6. The van der Waals surface area contributed by atoms with Gasteiger partial charge in [0.05, 0.1) is 6.21 Å². The van der Waals surface area contributed by atoms with E-state index in [1.165, 1.54) is 17.0 Å². The second-order valence-electron chi connectivity index (χ2n) is 6.30. The molecule has 0 aliphatic carbocycles. The molecule has 2 aromatic heterocycles. The lowest BCUT2D eigenvalue weighted by molar-refractivity contribution is 0.0950. The van der Waals surface area contributed by atoms with Crippen molar-refractivity contribution in [2.24, 2.45) is 5.10 Å². The maximum atomic E-state index is 12.8. The van der Waals surface area contributed by atoms with E-state index in [0.29, 0.717) is 16.8 Å². The fraction of sp³-hybridized carbons (Fsp3) is 0.0526. The summed E-state index contributed by atoms with van der Waals surface area (Å²) in [6.45, 7) is 1.94. The summed E-state index contributed by atoms with van der Waals surface area (Å²) in [4.78, 5) is 12.8. The number of aryl methyl sites for hydroxylation is 1. The highest BCUT2D eigenvalue weighted by atomic mass is 16.6. The maximum absolute atomic E-state index is 12.8. The molecule has 0 aliphatic rings. The first-order chi connectivity index (χ1) is 14.5. The molecule has 1 amide bonds. The number of aromatic nitrogens is 5. The second kappa shape index (κ2) is 7.83. The molecular weight excluding hydrogens is 388 g/mol. The van der Waals surface area contributed by atoms with Crippen molar-refractivity contribution >= 4 is 17.9 Å². The Morgan fingerprint density at radius 1 is 1.20 bits per heavy atom. The molecule has 30 heavy (non-hydrogen) atoms. The molecule has 0 spiro atoms. The number of anilines is 1. The average molecular weight is 404 g/mol. The summed E-state index contributed by atoms with van der Waals surface area (Å²) in [5, 5.41) is 28.9. The predicted molar refractivity (Wildman–Crippen MR) is 107 cm³/mol. The smallest absolute Gasteiger partial charge is 0.294 e. The molecule has 11 heteroatoms. The Kier molecular flexibility index (Phi) is 4.91. The molecule has 4 aromatic rings. The standard InChI is InChI=1S/C19H16N8O3/c1-11-6-8-12(9-7-11)16-15(22-26-27(16)18-17(20)24-30-25-18)19(29)23-21-10-13-4-2-3-5-14(13)28/h2-10,28H,1H3,(H2,20,24)(H,23,29). The number of amides is 1. The second-order valence-corrected chi connectivity index (χ2v) is 6.30. The Balaban J connectivity index is 1.70. The van der Waals surface area contributed by atoms with Crippen LogP contribution in [0.15, 0.2) is 58.3 Å². The van der Waals surface area contributed by atoms with Crippen molar-refractivity contribution in [1.29, 1.82) is 0 Å². The first kappa shape index (κ1) is 18.8. The first-order valence-electron chi connectivity index (χ1n) is 8.77. The number of benzene rings is 2. The lowest BCUT2D eigenvalue weighted by Gasteiger charge is -2.06. The molecule has 4 rings (SSSR count). The zero-order valence-electron chi connectivity index (χ0n) is 15.7. The van der Waals surface area contributed by atoms with Crippen molar-refractivity contribution in [3.63, 3.8) is 0 Å². The Morgan fingerprint density at radius 2 is 1.97 bits per heavy atom. The van der Waals surface area contributed by atoms with Gasteiger partial charge in [-0.05, 0) is 29.4 Å². The lowest BCUT2D eigenvalue weighted by Crippen LogP contribution is -2.19. The van der Waals surface area contributed by atoms with Crippen LogP contribution in [0, 0.1) is 6.92 Å². The Morgan fingerprint density at radius 3 is 2.67 bits per heavy atom. The number of phenols is 1. The molecule has 2 aromatic carbocycles. The summed E-state index contributed by atoms with van der Waals surface area (Å²) in [5.74, 6) is -0.470. The van der Waals surface area contributed by atoms with Gasteiger partial charge >= 0.3 is 0 Å². The minimum atomic E-state index is -0.612. The van der Waals surface area contributed by atoms with Crippen LogP contribution in [0.1, 0.15) is 21.6 Å². The van der Waals surface area contributed by atoms with Gasteiger partial charge in [-0.15, -0.1) is 5.10 Å². The highest BCUT2D eigenvalue weighted by Gasteiger charge is 2.25. The number of hydrogen-bond donors (Lipinski definition) is 3. The Labute approximate surface area is 169 Å². The highest BCUT2D eigenvalue weighted by molar-refractivity contribution is 5.99. The largest absolute Gasteiger partial charge is 0.507 e. The van der Waals surface area contributed by atoms with E-state index in [-0.39, 0.29) is 23.1 Å². The molecule has 0 unspecified atom stereocenters. The minimum absolute atomic E-state index is 0.00204. The van der Waals surface area contributed by atoms with Gasteiger partial charge < -0.3 is 10.8 Å². The summed E-state index contributed by atoms with van der Waals surface area (Å²) in [6.07, 6.45) is 1.32. The van der Waals surface area contributed by atoms with Crippen molar-refractivity contribution < 1.29 is 14.5 Å². The van der Waals surface area contributed by atoms with E-state index >= 15 is 0 Å². The maximum Gasteiger partial charge on any atom is 0.294 e. The normalized spacial score (nSPS) is 11.1. The number of carbonyl (C=O) groups is 1. The molecule has 11 nitrogen and oxygen atoms in total. The SMILES string of the molecule is Cc1ccc(-c2c(C(=O)NN=Cc3ccccc3O)nnn2-c2nonc2N)cc1.